The first-order valence-corrected chi connectivity index (χ1v) is 23.7. The summed E-state index contributed by atoms with van der Waals surface area (Å²) in [6.07, 6.45) is 37.4. The van der Waals surface area contributed by atoms with Crippen LogP contribution in [0.4, 0.5) is 0 Å². The summed E-state index contributed by atoms with van der Waals surface area (Å²) in [6.45, 7) is 61.5. The Morgan fingerprint density at radius 1 is 0.467 bits per heavy atom. The van der Waals surface area contributed by atoms with Crippen molar-refractivity contribution in [1.82, 2.24) is 0 Å². The average molecular weight is 830 g/mol. The van der Waals surface area contributed by atoms with Crippen LogP contribution in [-0.4, -0.2) is 0 Å². The van der Waals surface area contributed by atoms with Crippen molar-refractivity contribution < 1.29 is 0 Å². The fraction of sp³-hybridized carbons (Fsp3) is 0.600. The molecule has 0 spiro atoms. The van der Waals surface area contributed by atoms with Gasteiger partial charge in [-0.1, -0.05) is 153 Å². The van der Waals surface area contributed by atoms with E-state index in [1.165, 1.54) is 121 Å². The predicted octanol–water partition coefficient (Wildman–Crippen LogP) is 21.8. The van der Waals surface area contributed by atoms with Gasteiger partial charge in [0.05, 0.1) is 0 Å². The van der Waals surface area contributed by atoms with Gasteiger partial charge in [0.25, 0.3) is 0 Å². The van der Waals surface area contributed by atoms with E-state index >= 15 is 0 Å². The molecular formula is C60H108. The molecule has 0 saturated carbocycles. The van der Waals surface area contributed by atoms with E-state index in [9.17, 15) is 0 Å². The molecule has 0 aromatic heterocycles. The zero-order valence-corrected chi connectivity index (χ0v) is 44.3. The lowest BCUT2D eigenvalue weighted by atomic mass is 10.0. The van der Waals surface area contributed by atoms with Crippen LogP contribution in [0.5, 0.6) is 0 Å². The summed E-state index contributed by atoms with van der Waals surface area (Å²) in [5.74, 6) is 2.14. The largest absolute Gasteiger partial charge is 0.103 e. The highest BCUT2D eigenvalue weighted by atomic mass is 14.0. The molecular weight excluding hydrogens is 721 g/mol. The second-order valence-corrected chi connectivity index (χ2v) is 18.0. The highest BCUT2D eigenvalue weighted by molar-refractivity contribution is 5.12. The van der Waals surface area contributed by atoms with Gasteiger partial charge in [0, 0.05) is 0 Å². The Labute approximate surface area is 381 Å². The SMILES string of the molecule is C=C(C)CC/C=C(\C)CC.C=C(C)CCC/C(C)=C/C.C=C/C(C)=C/CCC(C)C.C=CC(C)CCC=C(C)C.C=CC(C)CCCC(=C)C.CC/C(C)=C/CC=C(C)C. The summed E-state index contributed by atoms with van der Waals surface area (Å²) in [5.41, 5.74) is 12.4. The first kappa shape index (κ1) is 68.6. The minimum Gasteiger partial charge on any atom is -0.103 e. The molecule has 0 aromatic rings. The van der Waals surface area contributed by atoms with Gasteiger partial charge in [-0.25, -0.2) is 0 Å². The predicted molar refractivity (Wildman–Crippen MR) is 288 cm³/mol. The van der Waals surface area contributed by atoms with Gasteiger partial charge in [0.15, 0.2) is 0 Å². The third kappa shape index (κ3) is 79.1. The first-order valence-electron chi connectivity index (χ1n) is 23.7. The molecule has 0 heteroatoms. The standard InChI is InChI=1S/6C10H18/c6*1-5-10(4)8-6-7-9(2)3/h7-8H,5-6H2,1-4H3;8H,2,5-7H2,1,3-4H3;5H,2,6-8H2,1,3-4H3;5,8-9H,1,6-7H2,2-4H3;5,7,10H,1,6,8H2,2-4H3;5,10H,1-2,6-8H2,3-4H3/b2*10-8+;10-5+;10-8+;;. The summed E-state index contributed by atoms with van der Waals surface area (Å²) in [5, 5.41) is 0. The van der Waals surface area contributed by atoms with Crippen LogP contribution in [0.2, 0.25) is 0 Å². The minimum atomic E-state index is 0.663. The van der Waals surface area contributed by atoms with Crippen LogP contribution in [0, 0.1) is 17.8 Å². The van der Waals surface area contributed by atoms with Crippen molar-refractivity contribution in [3.63, 3.8) is 0 Å². The zero-order chi connectivity index (χ0) is 47.9. The minimum absolute atomic E-state index is 0.663. The van der Waals surface area contributed by atoms with Gasteiger partial charge >= 0.3 is 0 Å². The van der Waals surface area contributed by atoms with Gasteiger partial charge in [0.2, 0.25) is 0 Å². The lowest BCUT2D eigenvalue weighted by molar-refractivity contribution is 0.593. The number of rotatable bonds is 24. The van der Waals surface area contributed by atoms with Crippen molar-refractivity contribution >= 4 is 0 Å². The maximum absolute atomic E-state index is 3.86. The fourth-order valence-electron chi connectivity index (χ4n) is 4.49. The van der Waals surface area contributed by atoms with Gasteiger partial charge in [-0.3, -0.25) is 0 Å². The molecule has 0 heterocycles. The van der Waals surface area contributed by atoms with E-state index in [1.807, 2.05) is 18.2 Å². The van der Waals surface area contributed by atoms with E-state index < -0.39 is 0 Å². The van der Waals surface area contributed by atoms with Crippen molar-refractivity contribution in [2.45, 2.75) is 221 Å². The lowest BCUT2D eigenvalue weighted by Crippen LogP contribution is -1.88. The van der Waals surface area contributed by atoms with Gasteiger partial charge in [-0.2, -0.15) is 0 Å². The van der Waals surface area contributed by atoms with E-state index in [2.05, 4.69) is 201 Å². The molecule has 0 nitrogen and oxygen atoms in total. The van der Waals surface area contributed by atoms with Crippen molar-refractivity contribution in [2.75, 3.05) is 0 Å². The summed E-state index contributed by atoms with van der Waals surface area (Å²) >= 11 is 0. The topological polar surface area (TPSA) is 0 Å². The van der Waals surface area contributed by atoms with Crippen molar-refractivity contribution in [1.29, 1.82) is 0 Å². The highest BCUT2D eigenvalue weighted by Crippen LogP contribution is 2.12. The first-order chi connectivity index (χ1) is 28.0. The molecule has 0 fully saturated rings. The van der Waals surface area contributed by atoms with E-state index in [0.717, 1.165) is 31.6 Å². The molecule has 0 N–H and O–H groups in total. The average Bonchev–Trinajstić information content (AvgIpc) is 3.17. The summed E-state index contributed by atoms with van der Waals surface area (Å²) in [4.78, 5) is 0. The molecule has 0 amide bonds. The van der Waals surface area contributed by atoms with Crippen LogP contribution in [0.15, 0.2) is 144 Å². The molecule has 2 atom stereocenters. The Morgan fingerprint density at radius 3 is 1.32 bits per heavy atom. The maximum Gasteiger partial charge on any atom is -0.0164 e. The van der Waals surface area contributed by atoms with Crippen molar-refractivity contribution in [3.05, 3.63) is 144 Å². The smallest absolute Gasteiger partial charge is 0.0164 e. The van der Waals surface area contributed by atoms with Crippen LogP contribution < -0.4 is 0 Å². The summed E-state index contributed by atoms with van der Waals surface area (Å²) in [7, 11) is 0. The molecule has 60 heavy (non-hydrogen) atoms. The summed E-state index contributed by atoms with van der Waals surface area (Å²) < 4.78 is 0. The molecule has 348 valence electrons. The number of allylic oxidation sites excluding steroid dienone is 18. The number of hydrogen-bond acceptors (Lipinski definition) is 0. The Balaban J connectivity index is -0.000000146. The summed E-state index contributed by atoms with van der Waals surface area (Å²) in [6, 6.07) is 0. The van der Waals surface area contributed by atoms with Crippen molar-refractivity contribution in [2.24, 2.45) is 17.8 Å². The van der Waals surface area contributed by atoms with E-state index in [4.69, 9.17) is 0 Å². The molecule has 0 aromatic carbocycles. The third-order valence-corrected chi connectivity index (χ3v) is 9.61. The maximum atomic E-state index is 3.86. The van der Waals surface area contributed by atoms with Gasteiger partial charge in [0.1, 0.15) is 0 Å². The monoisotopic (exact) mass is 829 g/mol. The van der Waals surface area contributed by atoms with Crippen LogP contribution >= 0.6 is 0 Å². The van der Waals surface area contributed by atoms with E-state index in [1.54, 1.807) is 0 Å². The Bertz CT molecular complexity index is 1250. The Kier molecular flexibility index (Phi) is 59.5. The van der Waals surface area contributed by atoms with Crippen LogP contribution in [0.1, 0.15) is 221 Å². The van der Waals surface area contributed by atoms with Gasteiger partial charge < -0.3 is 0 Å². The van der Waals surface area contributed by atoms with Crippen molar-refractivity contribution in [3.8, 4) is 0 Å². The second kappa shape index (κ2) is 52.0. The highest BCUT2D eigenvalue weighted by Gasteiger charge is 1.95. The van der Waals surface area contributed by atoms with Crippen LogP contribution in [-0.2, 0) is 0 Å². The third-order valence-electron chi connectivity index (χ3n) is 9.61. The lowest BCUT2D eigenvalue weighted by Gasteiger charge is -2.03. The zero-order valence-electron chi connectivity index (χ0n) is 44.3. The Morgan fingerprint density at radius 2 is 0.917 bits per heavy atom. The normalized spacial score (nSPS) is 12.0. The second-order valence-electron chi connectivity index (χ2n) is 18.0. The molecule has 0 radical (unpaired) electrons. The van der Waals surface area contributed by atoms with Crippen LogP contribution in [0.25, 0.3) is 0 Å². The molecule has 0 bridgehead atoms. The van der Waals surface area contributed by atoms with Gasteiger partial charge in [-0.05, 0) is 197 Å². The molecule has 2 unspecified atom stereocenters. The molecule has 0 rings (SSSR count). The fourth-order valence-corrected chi connectivity index (χ4v) is 4.49. The van der Waals surface area contributed by atoms with Crippen LogP contribution in [0.3, 0.4) is 0 Å². The molecule has 0 aliphatic carbocycles. The molecule has 0 aliphatic rings. The Hall–Kier alpha value is -3.12. The molecule has 0 aliphatic heterocycles. The van der Waals surface area contributed by atoms with E-state index in [0.29, 0.717) is 11.8 Å². The molecule has 0 saturated heterocycles. The van der Waals surface area contributed by atoms with E-state index in [-0.39, 0.29) is 0 Å². The van der Waals surface area contributed by atoms with Gasteiger partial charge in [-0.15, -0.1) is 32.9 Å². The number of hydrogen-bond donors (Lipinski definition) is 0. The quantitative estimate of drug-likeness (QED) is 0.0672.